The third-order valence-electron chi connectivity index (χ3n) is 3.73. The Morgan fingerprint density at radius 2 is 1.68 bits per heavy atom. The van der Waals surface area contributed by atoms with Gasteiger partial charge >= 0.3 is 0 Å². The largest absolute Gasteiger partial charge is 0.396 e. The number of aliphatic hydroxyl groups excluding tert-OH is 1. The Morgan fingerprint density at radius 3 is 2.21 bits per heavy atom. The summed E-state index contributed by atoms with van der Waals surface area (Å²) < 4.78 is 0. The van der Waals surface area contributed by atoms with Gasteiger partial charge in [-0.05, 0) is 24.3 Å². The summed E-state index contributed by atoms with van der Waals surface area (Å²) in [6.45, 7) is 12.0. The molecule has 2 nitrogen and oxygen atoms in total. The van der Waals surface area contributed by atoms with Gasteiger partial charge in [0.2, 0.25) is 0 Å². The minimum Gasteiger partial charge on any atom is -0.396 e. The first-order valence-corrected chi connectivity index (χ1v) is 7.17. The lowest BCUT2D eigenvalue weighted by Crippen LogP contribution is -2.40. The molecule has 1 aromatic carbocycles. The Hall–Kier alpha value is -0.860. The maximum absolute atomic E-state index is 9.28. The summed E-state index contributed by atoms with van der Waals surface area (Å²) in [7, 11) is 0. The molecule has 0 radical (unpaired) electrons. The van der Waals surface area contributed by atoms with Crippen molar-refractivity contribution in [2.45, 2.75) is 52.5 Å². The van der Waals surface area contributed by atoms with Crippen LogP contribution in [0.3, 0.4) is 0 Å². The van der Waals surface area contributed by atoms with Crippen LogP contribution in [0, 0.1) is 5.41 Å². The van der Waals surface area contributed by atoms with Crippen LogP contribution >= 0.6 is 0 Å². The summed E-state index contributed by atoms with van der Waals surface area (Å²) in [6, 6.07) is 11.1. The van der Waals surface area contributed by atoms with Crippen molar-refractivity contribution in [2.24, 2.45) is 5.41 Å². The minimum absolute atomic E-state index is 0.0504. The molecule has 0 aliphatic carbocycles. The second-order valence-corrected chi connectivity index (χ2v) is 7.06. The molecule has 0 heterocycles. The van der Waals surface area contributed by atoms with E-state index in [2.05, 4.69) is 70.3 Å². The topological polar surface area (TPSA) is 32.3 Å². The molecule has 1 unspecified atom stereocenters. The molecule has 0 spiro atoms. The highest BCUT2D eigenvalue weighted by Crippen LogP contribution is 2.28. The van der Waals surface area contributed by atoms with E-state index in [9.17, 15) is 5.11 Å². The van der Waals surface area contributed by atoms with Gasteiger partial charge in [-0.3, -0.25) is 0 Å². The average Bonchev–Trinajstić information content (AvgIpc) is 2.37. The van der Waals surface area contributed by atoms with Crippen LogP contribution in [0.15, 0.2) is 30.3 Å². The second-order valence-electron chi connectivity index (χ2n) is 7.06. The molecule has 1 atom stereocenters. The van der Waals surface area contributed by atoms with Crippen molar-refractivity contribution >= 4 is 0 Å². The number of benzene rings is 1. The van der Waals surface area contributed by atoms with Crippen LogP contribution in [0.5, 0.6) is 0 Å². The normalized spacial score (nSPS) is 14.4. The van der Waals surface area contributed by atoms with E-state index in [1.807, 2.05) is 0 Å². The third kappa shape index (κ3) is 5.33. The molecule has 2 heteroatoms. The Bertz CT molecular complexity index is 370. The van der Waals surface area contributed by atoms with Gasteiger partial charge in [0.05, 0.1) is 0 Å². The van der Waals surface area contributed by atoms with Crippen LogP contribution in [-0.4, -0.2) is 24.3 Å². The lowest BCUT2D eigenvalue weighted by molar-refractivity contribution is 0.152. The lowest BCUT2D eigenvalue weighted by atomic mass is 9.79. The zero-order valence-electron chi connectivity index (χ0n) is 13.0. The van der Waals surface area contributed by atoms with Gasteiger partial charge in [-0.1, -0.05) is 58.0 Å². The van der Waals surface area contributed by atoms with Crippen molar-refractivity contribution in [3.05, 3.63) is 35.9 Å². The van der Waals surface area contributed by atoms with Crippen molar-refractivity contribution in [1.29, 1.82) is 0 Å². The standard InChI is InChI=1S/C17H29NO/c1-14(18-12-16(2,3)13-19)11-17(4,5)15-9-7-6-8-10-15/h6-10,14,18-19H,11-13H2,1-5H3. The van der Waals surface area contributed by atoms with Gasteiger partial charge in [0.15, 0.2) is 0 Å². The number of aliphatic hydroxyl groups is 1. The maximum Gasteiger partial charge on any atom is 0.0494 e. The Kier molecular flexibility index (Phi) is 5.57. The smallest absolute Gasteiger partial charge is 0.0494 e. The molecule has 19 heavy (non-hydrogen) atoms. The molecule has 2 N–H and O–H groups in total. The van der Waals surface area contributed by atoms with E-state index in [0.29, 0.717) is 6.04 Å². The monoisotopic (exact) mass is 263 g/mol. The van der Waals surface area contributed by atoms with Crippen molar-refractivity contribution in [1.82, 2.24) is 5.32 Å². The Morgan fingerprint density at radius 1 is 1.11 bits per heavy atom. The van der Waals surface area contributed by atoms with Crippen LogP contribution in [0.25, 0.3) is 0 Å². The van der Waals surface area contributed by atoms with Gasteiger partial charge in [0, 0.05) is 24.6 Å². The molecular weight excluding hydrogens is 234 g/mol. The van der Waals surface area contributed by atoms with Crippen molar-refractivity contribution in [3.63, 3.8) is 0 Å². The zero-order valence-corrected chi connectivity index (χ0v) is 13.0. The van der Waals surface area contributed by atoms with E-state index in [1.54, 1.807) is 0 Å². The van der Waals surface area contributed by atoms with E-state index in [0.717, 1.165) is 13.0 Å². The summed E-state index contributed by atoms with van der Waals surface area (Å²) >= 11 is 0. The molecular formula is C17H29NO. The summed E-state index contributed by atoms with van der Waals surface area (Å²) in [5, 5.41) is 12.8. The molecule has 0 saturated carbocycles. The summed E-state index contributed by atoms with van der Waals surface area (Å²) in [4.78, 5) is 0. The molecule has 108 valence electrons. The van der Waals surface area contributed by atoms with E-state index in [-0.39, 0.29) is 17.4 Å². The number of hydrogen-bond donors (Lipinski definition) is 2. The number of nitrogens with one attached hydrogen (secondary N) is 1. The van der Waals surface area contributed by atoms with E-state index in [1.165, 1.54) is 5.56 Å². The zero-order chi connectivity index (χ0) is 14.5. The van der Waals surface area contributed by atoms with Gasteiger partial charge in [0.25, 0.3) is 0 Å². The number of rotatable bonds is 7. The molecule has 0 amide bonds. The first kappa shape index (κ1) is 16.2. The van der Waals surface area contributed by atoms with Crippen LogP contribution in [-0.2, 0) is 5.41 Å². The van der Waals surface area contributed by atoms with Crippen LogP contribution in [0.4, 0.5) is 0 Å². The first-order valence-electron chi connectivity index (χ1n) is 7.17. The van der Waals surface area contributed by atoms with Gasteiger partial charge in [-0.15, -0.1) is 0 Å². The van der Waals surface area contributed by atoms with Crippen molar-refractivity contribution < 1.29 is 5.11 Å². The predicted octanol–water partition coefficient (Wildman–Crippen LogP) is 3.35. The quantitative estimate of drug-likeness (QED) is 0.790. The molecule has 0 aliphatic heterocycles. The molecule has 1 rings (SSSR count). The maximum atomic E-state index is 9.28. The SMILES string of the molecule is CC(CC(C)(C)c1ccccc1)NCC(C)(C)CO. The molecule has 0 aromatic heterocycles. The second kappa shape index (κ2) is 6.53. The number of hydrogen-bond acceptors (Lipinski definition) is 2. The fraction of sp³-hybridized carbons (Fsp3) is 0.647. The molecule has 0 saturated heterocycles. The fourth-order valence-corrected chi connectivity index (χ4v) is 2.35. The van der Waals surface area contributed by atoms with E-state index >= 15 is 0 Å². The summed E-state index contributed by atoms with van der Waals surface area (Å²) in [5.74, 6) is 0. The molecule has 1 aromatic rings. The Labute approximate surface area is 118 Å². The minimum atomic E-state index is -0.0504. The average molecular weight is 263 g/mol. The van der Waals surface area contributed by atoms with Gasteiger partial charge in [-0.25, -0.2) is 0 Å². The molecule has 0 fully saturated rings. The van der Waals surface area contributed by atoms with E-state index < -0.39 is 0 Å². The third-order valence-corrected chi connectivity index (χ3v) is 3.73. The molecule has 0 bridgehead atoms. The molecule has 0 aliphatic rings. The van der Waals surface area contributed by atoms with Gasteiger partial charge in [0.1, 0.15) is 0 Å². The lowest BCUT2D eigenvalue weighted by Gasteiger charge is -2.31. The first-order chi connectivity index (χ1) is 8.77. The fourth-order valence-electron chi connectivity index (χ4n) is 2.35. The highest BCUT2D eigenvalue weighted by molar-refractivity contribution is 5.23. The van der Waals surface area contributed by atoms with Crippen molar-refractivity contribution in [2.75, 3.05) is 13.2 Å². The van der Waals surface area contributed by atoms with Gasteiger partial charge < -0.3 is 10.4 Å². The van der Waals surface area contributed by atoms with Gasteiger partial charge in [-0.2, -0.15) is 0 Å². The highest BCUT2D eigenvalue weighted by Gasteiger charge is 2.24. The Balaban J connectivity index is 2.54. The van der Waals surface area contributed by atoms with Crippen molar-refractivity contribution in [3.8, 4) is 0 Å². The highest BCUT2D eigenvalue weighted by atomic mass is 16.3. The summed E-state index contributed by atoms with van der Waals surface area (Å²) in [6.07, 6.45) is 1.08. The van der Waals surface area contributed by atoms with Crippen LogP contribution in [0.2, 0.25) is 0 Å². The van der Waals surface area contributed by atoms with E-state index in [4.69, 9.17) is 0 Å². The van der Waals surface area contributed by atoms with Crippen LogP contribution < -0.4 is 5.32 Å². The summed E-state index contributed by atoms with van der Waals surface area (Å²) in [5.41, 5.74) is 1.49. The predicted molar refractivity (Wildman–Crippen MR) is 82.4 cm³/mol. The van der Waals surface area contributed by atoms with Crippen LogP contribution in [0.1, 0.15) is 46.6 Å².